The summed E-state index contributed by atoms with van der Waals surface area (Å²) in [6.45, 7) is 0. The number of anilines is 1. The number of nitrogens with one attached hydrogen (secondary N) is 1. The van der Waals surface area contributed by atoms with Gasteiger partial charge in [-0.05, 0) is 17.5 Å². The average Bonchev–Trinajstić information content (AvgIpc) is 3.25. The molecular formula is C23H14ClN3O2S. The minimum atomic E-state index is -1.51. The number of carbonyl (C=O) groups is 2. The summed E-state index contributed by atoms with van der Waals surface area (Å²) < 4.78 is 0. The first-order valence-corrected chi connectivity index (χ1v) is 10.3. The molecule has 0 saturated heterocycles. The van der Waals surface area contributed by atoms with Crippen LogP contribution in [0.5, 0.6) is 0 Å². The second-order valence-electron chi connectivity index (χ2n) is 6.46. The van der Waals surface area contributed by atoms with Crippen LogP contribution in [0.25, 0.3) is 21.3 Å². The van der Waals surface area contributed by atoms with Crippen molar-refractivity contribution >= 4 is 51.1 Å². The maximum atomic E-state index is 12.8. The van der Waals surface area contributed by atoms with Gasteiger partial charge in [-0.3, -0.25) is 9.59 Å². The first kappa shape index (κ1) is 19.8. The van der Waals surface area contributed by atoms with E-state index in [-0.39, 0.29) is 5.69 Å². The molecule has 30 heavy (non-hydrogen) atoms. The lowest BCUT2D eigenvalue weighted by atomic mass is 10.0. The third-order valence-corrected chi connectivity index (χ3v) is 5.77. The van der Waals surface area contributed by atoms with Crippen molar-refractivity contribution in [3.63, 3.8) is 0 Å². The Morgan fingerprint density at radius 1 is 1.03 bits per heavy atom. The highest BCUT2D eigenvalue weighted by Crippen LogP contribution is 2.31. The first-order chi connectivity index (χ1) is 14.6. The number of rotatable bonds is 5. The normalized spacial score (nSPS) is 11.6. The van der Waals surface area contributed by atoms with Crippen LogP contribution in [0.3, 0.4) is 0 Å². The van der Waals surface area contributed by atoms with Crippen LogP contribution in [-0.2, 0) is 4.79 Å². The number of benzene rings is 3. The Morgan fingerprint density at radius 2 is 1.77 bits per heavy atom. The molecule has 1 aromatic heterocycles. The lowest BCUT2D eigenvalue weighted by molar-refractivity contribution is -0.117. The van der Waals surface area contributed by atoms with Gasteiger partial charge in [0.05, 0.1) is 11.1 Å². The Labute approximate surface area is 181 Å². The van der Waals surface area contributed by atoms with Gasteiger partial charge < -0.3 is 5.32 Å². The predicted octanol–water partition coefficient (Wildman–Crippen LogP) is 5.58. The van der Waals surface area contributed by atoms with Crippen molar-refractivity contribution in [3.05, 3.63) is 82.8 Å². The predicted molar refractivity (Wildman–Crippen MR) is 119 cm³/mol. The molecule has 0 spiro atoms. The van der Waals surface area contributed by atoms with Crippen molar-refractivity contribution in [2.75, 3.05) is 5.32 Å². The third kappa shape index (κ3) is 3.81. The van der Waals surface area contributed by atoms with Gasteiger partial charge in [-0.25, -0.2) is 4.98 Å². The van der Waals surface area contributed by atoms with E-state index >= 15 is 0 Å². The van der Waals surface area contributed by atoms with E-state index in [1.165, 1.54) is 16.7 Å². The molecule has 7 heteroatoms. The van der Waals surface area contributed by atoms with Crippen LogP contribution in [0.4, 0.5) is 5.69 Å². The fraction of sp³-hybridized carbons (Fsp3) is 0.0435. The molecule has 1 heterocycles. The smallest absolute Gasteiger partial charge is 0.249 e. The van der Waals surface area contributed by atoms with Crippen molar-refractivity contribution < 1.29 is 9.59 Å². The molecule has 0 aliphatic heterocycles. The number of fused-ring (bicyclic) bond motifs is 1. The molecule has 0 aliphatic carbocycles. The van der Waals surface area contributed by atoms with Gasteiger partial charge in [-0.1, -0.05) is 66.2 Å². The SMILES string of the molecule is N#CC(C(=O)Nc1cccc2ccccc12)C(=O)c1csc(-c2ccccc2Cl)n1. The molecule has 1 unspecified atom stereocenters. The Hall–Kier alpha value is -3.53. The number of nitriles is 1. The van der Waals surface area contributed by atoms with Gasteiger partial charge in [0.25, 0.3) is 0 Å². The maximum absolute atomic E-state index is 12.8. The molecule has 0 radical (unpaired) electrons. The summed E-state index contributed by atoms with van der Waals surface area (Å²) >= 11 is 7.42. The first-order valence-electron chi connectivity index (χ1n) is 9.01. The Bertz CT molecular complexity index is 1300. The summed E-state index contributed by atoms with van der Waals surface area (Å²) in [5.74, 6) is -2.85. The van der Waals surface area contributed by atoms with E-state index in [1.807, 2.05) is 36.4 Å². The van der Waals surface area contributed by atoms with Gasteiger partial charge in [0, 0.05) is 22.0 Å². The summed E-state index contributed by atoms with van der Waals surface area (Å²) in [6, 6.07) is 22.0. The molecule has 0 saturated carbocycles. The number of ketones is 1. The second-order valence-corrected chi connectivity index (χ2v) is 7.73. The summed E-state index contributed by atoms with van der Waals surface area (Å²) in [4.78, 5) is 29.9. The van der Waals surface area contributed by atoms with Crippen molar-refractivity contribution in [3.8, 4) is 16.6 Å². The number of amides is 1. The minimum Gasteiger partial charge on any atom is -0.324 e. The van der Waals surface area contributed by atoms with Gasteiger partial charge in [0.1, 0.15) is 10.7 Å². The van der Waals surface area contributed by atoms with Gasteiger partial charge in [-0.2, -0.15) is 5.26 Å². The number of thiazole rings is 1. The summed E-state index contributed by atoms with van der Waals surface area (Å²) in [6.07, 6.45) is 0. The van der Waals surface area contributed by atoms with Crippen molar-refractivity contribution in [1.82, 2.24) is 4.98 Å². The largest absolute Gasteiger partial charge is 0.324 e. The fourth-order valence-corrected chi connectivity index (χ4v) is 4.20. The zero-order valence-corrected chi connectivity index (χ0v) is 17.1. The van der Waals surface area contributed by atoms with Crippen LogP contribution in [-0.4, -0.2) is 16.7 Å². The summed E-state index contributed by atoms with van der Waals surface area (Å²) in [5.41, 5.74) is 1.30. The number of hydrogen-bond acceptors (Lipinski definition) is 5. The van der Waals surface area contributed by atoms with Gasteiger partial charge in [-0.15, -0.1) is 11.3 Å². The number of carbonyl (C=O) groups excluding carboxylic acids is 2. The van der Waals surface area contributed by atoms with Crippen LogP contribution in [0.1, 0.15) is 10.5 Å². The van der Waals surface area contributed by atoms with E-state index in [4.69, 9.17) is 11.6 Å². The number of Topliss-reactive ketones (excluding diaryl/α,β-unsaturated/α-hetero) is 1. The zero-order valence-electron chi connectivity index (χ0n) is 15.5. The highest BCUT2D eigenvalue weighted by atomic mass is 35.5. The molecular weight excluding hydrogens is 418 g/mol. The quantitative estimate of drug-likeness (QED) is 0.330. The molecule has 5 nitrogen and oxygen atoms in total. The monoisotopic (exact) mass is 431 g/mol. The van der Waals surface area contributed by atoms with Crippen molar-refractivity contribution in [1.29, 1.82) is 5.26 Å². The molecule has 1 amide bonds. The molecule has 1 N–H and O–H groups in total. The van der Waals surface area contributed by atoms with E-state index in [0.29, 0.717) is 21.3 Å². The molecule has 1 atom stereocenters. The lowest BCUT2D eigenvalue weighted by Gasteiger charge is -2.11. The topological polar surface area (TPSA) is 82.9 Å². The summed E-state index contributed by atoms with van der Waals surface area (Å²) in [7, 11) is 0. The Morgan fingerprint density at radius 3 is 2.57 bits per heavy atom. The van der Waals surface area contributed by atoms with Crippen LogP contribution in [0.15, 0.2) is 72.1 Å². The number of nitrogens with zero attached hydrogens (tertiary/aromatic N) is 2. The van der Waals surface area contributed by atoms with E-state index < -0.39 is 17.6 Å². The number of hydrogen-bond donors (Lipinski definition) is 1. The van der Waals surface area contributed by atoms with E-state index in [2.05, 4.69) is 10.3 Å². The van der Waals surface area contributed by atoms with Crippen LogP contribution in [0, 0.1) is 17.2 Å². The summed E-state index contributed by atoms with van der Waals surface area (Å²) in [5, 5.41) is 16.6. The Kier molecular flexibility index (Phi) is 5.57. The molecule has 3 aromatic carbocycles. The van der Waals surface area contributed by atoms with Gasteiger partial charge in [0.15, 0.2) is 5.92 Å². The molecule has 0 bridgehead atoms. The highest BCUT2D eigenvalue weighted by Gasteiger charge is 2.30. The minimum absolute atomic E-state index is 0.0644. The third-order valence-electron chi connectivity index (χ3n) is 4.56. The second kappa shape index (κ2) is 8.46. The van der Waals surface area contributed by atoms with Crippen molar-refractivity contribution in [2.24, 2.45) is 5.92 Å². The number of aromatic nitrogens is 1. The zero-order chi connectivity index (χ0) is 21.1. The van der Waals surface area contributed by atoms with E-state index in [0.717, 1.165) is 10.8 Å². The number of halogens is 1. The van der Waals surface area contributed by atoms with Crippen molar-refractivity contribution in [2.45, 2.75) is 0 Å². The van der Waals surface area contributed by atoms with Crippen LogP contribution in [0.2, 0.25) is 5.02 Å². The molecule has 0 aliphatic rings. The van der Waals surface area contributed by atoms with Gasteiger partial charge in [0.2, 0.25) is 11.7 Å². The lowest BCUT2D eigenvalue weighted by Crippen LogP contribution is -2.29. The van der Waals surface area contributed by atoms with E-state index in [9.17, 15) is 14.9 Å². The average molecular weight is 432 g/mol. The fourth-order valence-electron chi connectivity index (χ4n) is 3.07. The molecule has 146 valence electrons. The molecule has 4 rings (SSSR count). The van der Waals surface area contributed by atoms with E-state index in [1.54, 1.807) is 36.4 Å². The standard InChI is InChI=1S/C23H14ClN3O2S/c24-18-10-4-3-9-16(18)23-27-20(13-30-23)21(28)17(12-25)22(29)26-19-11-5-7-14-6-1-2-8-15(14)19/h1-11,13,17H,(H,26,29). The highest BCUT2D eigenvalue weighted by molar-refractivity contribution is 7.13. The Balaban J connectivity index is 1.58. The molecule has 0 fully saturated rings. The van der Waals surface area contributed by atoms with Gasteiger partial charge >= 0.3 is 0 Å². The van der Waals surface area contributed by atoms with Crippen LogP contribution >= 0.6 is 22.9 Å². The maximum Gasteiger partial charge on any atom is 0.249 e. The van der Waals surface area contributed by atoms with Crippen LogP contribution < -0.4 is 5.32 Å². The molecule has 4 aromatic rings.